The molecular weight excluding hydrogens is 488 g/mol. The summed E-state index contributed by atoms with van der Waals surface area (Å²) < 4.78 is 30.7. The van der Waals surface area contributed by atoms with E-state index in [0.29, 0.717) is 22.7 Å². The van der Waals surface area contributed by atoms with Crippen molar-refractivity contribution in [1.29, 1.82) is 0 Å². The zero-order valence-corrected chi connectivity index (χ0v) is 23.0. The molecule has 0 bridgehead atoms. The molecule has 0 aliphatic heterocycles. The molecule has 1 saturated carbocycles. The molecule has 0 atom stereocenters. The normalized spacial score (nSPS) is 18.5. The van der Waals surface area contributed by atoms with Crippen molar-refractivity contribution in [2.75, 3.05) is 25.5 Å². The van der Waals surface area contributed by atoms with E-state index in [9.17, 15) is 18.4 Å². The predicted octanol–water partition coefficient (Wildman–Crippen LogP) is 4.43. The van der Waals surface area contributed by atoms with Crippen LogP contribution >= 0.6 is 11.6 Å². The van der Waals surface area contributed by atoms with E-state index < -0.39 is 23.1 Å². The smallest absolute Gasteiger partial charge is 0.287 e. The van der Waals surface area contributed by atoms with Crippen molar-refractivity contribution in [3.05, 3.63) is 49.9 Å². The number of nitrogens with one attached hydrogen (secondary N) is 1. The fraction of sp³-hybridized carbons (Fsp3) is 0.615. The average Bonchev–Trinajstić information content (AvgIpc) is 3.03. The number of hydrogen-bond acceptors (Lipinski definition) is 4. The number of carbonyl (C=O) groups is 1. The van der Waals surface area contributed by atoms with Gasteiger partial charge in [-0.25, -0.2) is 0 Å². The van der Waals surface area contributed by atoms with Crippen LogP contribution in [0.5, 0.6) is 0 Å². The number of nitrogens with zero attached hydrogens (tertiary/aromatic N) is 4. The summed E-state index contributed by atoms with van der Waals surface area (Å²) in [6.07, 6.45) is 4.32. The highest BCUT2D eigenvalue weighted by Crippen LogP contribution is 2.34. The first-order valence-electron chi connectivity index (χ1n) is 12.4. The summed E-state index contributed by atoms with van der Waals surface area (Å²) in [7, 11) is 7.05. The monoisotopic (exact) mass is 525 g/mol. The Bertz CT molecular complexity index is 1160. The third-order valence-electron chi connectivity index (χ3n) is 7.53. The molecule has 36 heavy (non-hydrogen) atoms. The molecule has 3 rings (SSSR count). The van der Waals surface area contributed by atoms with Crippen molar-refractivity contribution in [3.8, 4) is 0 Å². The summed E-state index contributed by atoms with van der Waals surface area (Å²) in [6, 6.07) is 4.40. The molecule has 2 aromatic rings. The highest BCUT2D eigenvalue weighted by atomic mass is 35.5. The van der Waals surface area contributed by atoms with Gasteiger partial charge in [-0.1, -0.05) is 11.6 Å². The molecule has 0 saturated heterocycles. The molecule has 1 aromatic carbocycles. The van der Waals surface area contributed by atoms with Crippen molar-refractivity contribution in [1.82, 2.24) is 19.6 Å². The van der Waals surface area contributed by atoms with Crippen LogP contribution in [-0.4, -0.2) is 52.9 Å². The number of benzene rings is 1. The van der Waals surface area contributed by atoms with Crippen molar-refractivity contribution >= 4 is 23.2 Å². The van der Waals surface area contributed by atoms with Crippen molar-refractivity contribution in [3.63, 3.8) is 0 Å². The van der Waals surface area contributed by atoms with Crippen LogP contribution in [0.2, 0.25) is 5.02 Å². The van der Waals surface area contributed by atoms with E-state index in [4.69, 9.17) is 11.6 Å². The van der Waals surface area contributed by atoms with Gasteiger partial charge >= 0.3 is 0 Å². The Kier molecular flexibility index (Phi) is 8.55. The number of alkyl halides is 2. The zero-order valence-electron chi connectivity index (χ0n) is 22.3. The number of hydrogen-bond donors (Lipinski definition) is 1. The highest BCUT2D eigenvalue weighted by Gasteiger charge is 2.34. The van der Waals surface area contributed by atoms with Crippen LogP contribution in [0.3, 0.4) is 0 Å². The Morgan fingerprint density at radius 3 is 2.25 bits per heavy atom. The van der Waals surface area contributed by atoms with Crippen LogP contribution in [0.25, 0.3) is 0 Å². The van der Waals surface area contributed by atoms with E-state index in [1.54, 1.807) is 6.07 Å². The quantitative estimate of drug-likeness (QED) is 0.554. The third kappa shape index (κ3) is 5.62. The van der Waals surface area contributed by atoms with Crippen LogP contribution < -0.4 is 15.8 Å². The van der Waals surface area contributed by atoms with Gasteiger partial charge in [-0.15, -0.1) is 0 Å². The second-order valence-corrected chi connectivity index (χ2v) is 10.5. The maximum Gasteiger partial charge on any atom is 0.287 e. The molecule has 200 valence electrons. The standard InChI is InChI=1S/C26H38ClF2N5O2/c1-8-34(19-11-9-18(10-12-19)31(4)5)22-14-17(27)13-20(16(22)2)24(35)30-15-21-23(26(3,28)29)32(6)33(7)25(21)36/h13-14,18-19H,8-12,15H2,1-7H3,(H,30,35). The number of amides is 1. The van der Waals surface area contributed by atoms with Gasteiger partial charge < -0.3 is 15.1 Å². The van der Waals surface area contributed by atoms with Crippen LogP contribution in [0.15, 0.2) is 16.9 Å². The fourth-order valence-electron chi connectivity index (χ4n) is 5.46. The van der Waals surface area contributed by atoms with Crippen molar-refractivity contribution < 1.29 is 13.6 Å². The fourth-order valence-corrected chi connectivity index (χ4v) is 5.67. The molecule has 7 nitrogen and oxygen atoms in total. The van der Waals surface area contributed by atoms with E-state index in [2.05, 4.69) is 36.1 Å². The molecule has 10 heteroatoms. The zero-order chi connectivity index (χ0) is 26.9. The van der Waals surface area contributed by atoms with Crippen LogP contribution in [-0.2, 0) is 26.6 Å². The minimum Gasteiger partial charge on any atom is -0.369 e. The van der Waals surface area contributed by atoms with E-state index in [1.165, 1.54) is 14.1 Å². The molecule has 1 aliphatic carbocycles. The van der Waals surface area contributed by atoms with Gasteiger partial charge in [0.15, 0.2) is 0 Å². The lowest BCUT2D eigenvalue weighted by Gasteiger charge is -2.40. The number of aromatic nitrogens is 2. The molecule has 1 fully saturated rings. The predicted molar refractivity (Wildman–Crippen MR) is 140 cm³/mol. The molecule has 1 N–H and O–H groups in total. The molecule has 1 aliphatic rings. The molecule has 0 unspecified atom stereocenters. The third-order valence-corrected chi connectivity index (χ3v) is 7.75. The van der Waals surface area contributed by atoms with Crippen LogP contribution in [0, 0.1) is 6.92 Å². The van der Waals surface area contributed by atoms with Gasteiger partial charge in [0.2, 0.25) is 0 Å². The average molecular weight is 526 g/mol. The summed E-state index contributed by atoms with van der Waals surface area (Å²) in [5, 5.41) is 3.11. The SMILES string of the molecule is CCN(c1cc(Cl)cc(C(=O)NCc2c(C(C)(F)F)n(C)n(C)c2=O)c1C)C1CCC(N(C)C)CC1. The number of carbonyl (C=O) groups excluding carboxylic acids is 1. The summed E-state index contributed by atoms with van der Waals surface area (Å²) in [5.41, 5.74) is 0.937. The minimum absolute atomic E-state index is 0.131. The van der Waals surface area contributed by atoms with Gasteiger partial charge in [-0.2, -0.15) is 8.78 Å². The van der Waals surface area contributed by atoms with Gasteiger partial charge in [0.1, 0.15) is 5.69 Å². The molecule has 1 heterocycles. The molecule has 0 spiro atoms. The topological polar surface area (TPSA) is 62.5 Å². The van der Waals surface area contributed by atoms with E-state index in [0.717, 1.165) is 59.8 Å². The summed E-state index contributed by atoms with van der Waals surface area (Å²) in [6.45, 7) is 5.18. The number of rotatable bonds is 8. The van der Waals surface area contributed by atoms with Crippen LogP contribution in [0.4, 0.5) is 14.5 Å². The highest BCUT2D eigenvalue weighted by molar-refractivity contribution is 6.31. The Hall–Kier alpha value is -2.39. The van der Waals surface area contributed by atoms with Gasteiger partial charge in [-0.05, 0) is 71.3 Å². The molecule has 1 aromatic heterocycles. The first kappa shape index (κ1) is 28.2. The van der Waals surface area contributed by atoms with Gasteiger partial charge in [0.05, 0.1) is 12.1 Å². The second-order valence-electron chi connectivity index (χ2n) is 10.1. The summed E-state index contributed by atoms with van der Waals surface area (Å²) >= 11 is 6.45. The minimum atomic E-state index is -3.23. The maximum absolute atomic E-state index is 14.2. The summed E-state index contributed by atoms with van der Waals surface area (Å²) in [5.74, 6) is -3.69. The lowest BCUT2D eigenvalue weighted by Crippen LogP contribution is -2.42. The number of halogens is 3. The Labute approximate surface area is 217 Å². The van der Waals surface area contributed by atoms with Gasteiger partial charge in [0, 0.05) is 55.9 Å². The first-order valence-corrected chi connectivity index (χ1v) is 12.8. The second kappa shape index (κ2) is 10.9. The molecule has 1 amide bonds. The summed E-state index contributed by atoms with van der Waals surface area (Å²) in [4.78, 5) is 30.4. The number of anilines is 1. The van der Waals surface area contributed by atoms with E-state index >= 15 is 0 Å². The first-order chi connectivity index (χ1) is 16.8. The van der Waals surface area contributed by atoms with Crippen LogP contribution in [0.1, 0.15) is 66.7 Å². The van der Waals surface area contributed by atoms with Gasteiger partial charge in [0.25, 0.3) is 17.4 Å². The van der Waals surface area contributed by atoms with Crippen molar-refractivity contribution in [2.45, 2.75) is 71.0 Å². The lowest BCUT2D eigenvalue weighted by atomic mass is 9.89. The largest absolute Gasteiger partial charge is 0.369 e. The maximum atomic E-state index is 14.2. The van der Waals surface area contributed by atoms with E-state index in [-0.39, 0.29) is 12.1 Å². The van der Waals surface area contributed by atoms with Gasteiger partial charge in [-0.3, -0.25) is 19.0 Å². The molecular formula is C26H38ClF2N5O2. The Morgan fingerprint density at radius 2 is 1.72 bits per heavy atom. The van der Waals surface area contributed by atoms with Crippen molar-refractivity contribution in [2.24, 2.45) is 14.1 Å². The molecule has 0 radical (unpaired) electrons. The Balaban J connectivity index is 1.86. The Morgan fingerprint density at radius 1 is 1.14 bits per heavy atom. The lowest BCUT2D eigenvalue weighted by molar-refractivity contribution is 0.00683. The van der Waals surface area contributed by atoms with E-state index in [1.807, 2.05) is 13.0 Å².